The third-order valence-corrected chi connectivity index (χ3v) is 3.91. The van der Waals surface area contributed by atoms with Crippen LogP contribution in [0.1, 0.15) is 0 Å². The van der Waals surface area contributed by atoms with E-state index in [1.165, 1.54) is 5.39 Å². The highest BCUT2D eigenvalue weighted by molar-refractivity contribution is 9.10. The largest absolute Gasteiger partial charge is 1.00 e. The van der Waals surface area contributed by atoms with Crippen molar-refractivity contribution in [1.29, 1.82) is 0 Å². The fraction of sp³-hybridized carbons (Fsp3) is 0.0588. The molecule has 0 aliphatic carbocycles. The summed E-state index contributed by atoms with van der Waals surface area (Å²) in [6.07, 6.45) is 3.90. The van der Waals surface area contributed by atoms with Gasteiger partial charge in [-0.1, -0.05) is 30.3 Å². The van der Waals surface area contributed by atoms with E-state index in [1.807, 2.05) is 65.5 Å². The van der Waals surface area contributed by atoms with E-state index in [4.69, 9.17) is 0 Å². The number of pyridine rings is 1. The van der Waals surface area contributed by atoms with Crippen molar-refractivity contribution >= 4 is 38.3 Å². The molecule has 0 aliphatic rings. The summed E-state index contributed by atoms with van der Waals surface area (Å²) >= 11 is 3.42. The number of nitrogens with one attached hydrogen (secondary N) is 1. The third-order valence-electron chi connectivity index (χ3n) is 3.22. The average molecular weight is 378 g/mol. The molecule has 1 amide bonds. The highest BCUT2D eigenvalue weighted by Gasteiger charge is 2.11. The molecule has 3 nitrogen and oxygen atoms in total. The van der Waals surface area contributed by atoms with E-state index in [1.54, 1.807) is 0 Å². The lowest BCUT2D eigenvalue weighted by Crippen LogP contribution is -3.00. The third kappa shape index (κ3) is 3.84. The number of carbonyl (C=O) groups is 1. The summed E-state index contributed by atoms with van der Waals surface area (Å²) in [6, 6.07) is 17.7. The van der Waals surface area contributed by atoms with Gasteiger partial charge >= 0.3 is 0 Å². The van der Waals surface area contributed by atoms with Crippen molar-refractivity contribution in [3.05, 3.63) is 71.5 Å². The van der Waals surface area contributed by atoms with Gasteiger partial charge < -0.3 is 17.7 Å². The highest BCUT2D eigenvalue weighted by atomic mass is 79.9. The van der Waals surface area contributed by atoms with E-state index in [0.717, 1.165) is 15.5 Å². The lowest BCUT2D eigenvalue weighted by Gasteiger charge is -2.05. The van der Waals surface area contributed by atoms with Gasteiger partial charge in [0.15, 0.2) is 12.4 Å². The quantitative estimate of drug-likeness (QED) is 0.664. The lowest BCUT2D eigenvalue weighted by atomic mass is 10.2. The number of hydrogen-bond acceptors (Lipinski definition) is 1. The molecule has 0 fully saturated rings. The number of para-hydroxylation sites is 1. The number of anilines is 1. The van der Waals surface area contributed by atoms with Crippen molar-refractivity contribution in [2.75, 3.05) is 5.32 Å². The molecule has 22 heavy (non-hydrogen) atoms. The molecule has 1 N–H and O–H groups in total. The summed E-state index contributed by atoms with van der Waals surface area (Å²) in [5.41, 5.74) is 0.781. The van der Waals surface area contributed by atoms with Crippen LogP contribution in [0.2, 0.25) is 0 Å². The molecule has 0 saturated carbocycles. The van der Waals surface area contributed by atoms with Gasteiger partial charge in [-0.15, -0.1) is 0 Å². The maximum Gasteiger partial charge on any atom is 0.290 e. The molecule has 1 heterocycles. The van der Waals surface area contributed by atoms with Crippen LogP contribution >= 0.6 is 15.9 Å². The van der Waals surface area contributed by atoms with Crippen LogP contribution in [0.5, 0.6) is 0 Å². The van der Waals surface area contributed by atoms with Crippen LogP contribution in [0.3, 0.4) is 0 Å². The first-order valence-corrected chi connectivity index (χ1v) is 7.44. The average Bonchev–Trinajstić information content (AvgIpc) is 2.49. The Hall–Kier alpha value is -1.91. The summed E-state index contributed by atoms with van der Waals surface area (Å²) in [5.74, 6) is -0.0535. The Morgan fingerprint density at radius 1 is 1.00 bits per heavy atom. The molecule has 0 aliphatic heterocycles. The van der Waals surface area contributed by atoms with Gasteiger partial charge in [0, 0.05) is 15.9 Å². The van der Waals surface area contributed by atoms with Gasteiger partial charge in [-0.05, 0) is 39.5 Å². The number of nitrogens with zero attached hydrogens (tertiary/aromatic N) is 1. The number of carbonyl (C=O) groups excluding carboxylic acids is 1. The van der Waals surface area contributed by atoms with Crippen molar-refractivity contribution in [3.63, 3.8) is 0 Å². The fourth-order valence-electron chi connectivity index (χ4n) is 2.19. The first-order valence-electron chi connectivity index (χ1n) is 6.64. The van der Waals surface area contributed by atoms with Gasteiger partial charge in [-0.3, -0.25) is 4.79 Å². The Kier molecular flexibility index (Phi) is 5.52. The summed E-state index contributed by atoms with van der Waals surface area (Å²) < 4.78 is 2.76. The Balaban J connectivity index is 0.00000176. The van der Waals surface area contributed by atoms with Gasteiger partial charge in [0.25, 0.3) is 5.91 Å². The number of hydrogen-bond donors (Lipinski definition) is 1. The van der Waals surface area contributed by atoms with Gasteiger partial charge in [0.05, 0.1) is 5.69 Å². The smallest absolute Gasteiger partial charge is 0.290 e. The van der Waals surface area contributed by atoms with Crippen LogP contribution < -0.4 is 22.3 Å². The van der Waals surface area contributed by atoms with Crippen molar-refractivity contribution < 1.29 is 21.8 Å². The Morgan fingerprint density at radius 2 is 1.68 bits per heavy atom. The molecule has 0 unspecified atom stereocenters. The summed E-state index contributed by atoms with van der Waals surface area (Å²) in [4.78, 5) is 12.1. The zero-order chi connectivity index (χ0) is 14.7. The highest BCUT2D eigenvalue weighted by Crippen LogP contribution is 2.20. The number of rotatable bonds is 3. The summed E-state index contributed by atoms with van der Waals surface area (Å²) in [6.45, 7) is 0.284. The zero-order valence-corrected chi connectivity index (χ0v) is 14.0. The molecule has 3 aromatic rings. The monoisotopic (exact) mass is 376 g/mol. The van der Waals surface area contributed by atoms with Crippen molar-refractivity contribution in [3.8, 4) is 0 Å². The number of benzene rings is 2. The molecular weight excluding hydrogens is 364 g/mol. The normalized spacial score (nSPS) is 10.0. The van der Waals surface area contributed by atoms with Crippen LogP contribution in [0.4, 0.5) is 5.69 Å². The first-order chi connectivity index (χ1) is 10.2. The van der Waals surface area contributed by atoms with Crippen LogP contribution in [-0.2, 0) is 11.3 Å². The van der Waals surface area contributed by atoms with E-state index >= 15 is 0 Å². The lowest BCUT2D eigenvalue weighted by molar-refractivity contribution is -0.682. The predicted octanol–water partition coefficient (Wildman–Crippen LogP) is 0.532. The summed E-state index contributed by atoms with van der Waals surface area (Å²) in [7, 11) is 0. The number of fused-ring (bicyclic) bond motifs is 1. The van der Waals surface area contributed by atoms with Gasteiger partial charge in [-0.2, -0.15) is 4.57 Å². The second-order valence-corrected chi connectivity index (χ2v) is 5.63. The van der Waals surface area contributed by atoms with E-state index in [-0.39, 0.29) is 24.9 Å². The number of aromatic nitrogens is 1. The molecule has 0 radical (unpaired) electrons. The molecular formula is C17H14BrClN2O. The van der Waals surface area contributed by atoms with Crippen LogP contribution in [0.25, 0.3) is 10.8 Å². The van der Waals surface area contributed by atoms with Crippen molar-refractivity contribution in [2.45, 2.75) is 6.54 Å². The predicted molar refractivity (Wildman–Crippen MR) is 86.9 cm³/mol. The first kappa shape index (κ1) is 16.5. The van der Waals surface area contributed by atoms with Crippen molar-refractivity contribution in [1.82, 2.24) is 0 Å². The van der Waals surface area contributed by atoms with Crippen LogP contribution in [0, 0.1) is 0 Å². The molecule has 0 saturated heterocycles. The van der Waals surface area contributed by atoms with E-state index in [2.05, 4.69) is 27.3 Å². The fourth-order valence-corrected chi connectivity index (χ4v) is 2.58. The van der Waals surface area contributed by atoms with Gasteiger partial charge in [-0.25, -0.2) is 0 Å². The maximum atomic E-state index is 12.1. The minimum Gasteiger partial charge on any atom is -1.00 e. The minimum absolute atomic E-state index is 0. The minimum atomic E-state index is -0.0535. The zero-order valence-electron chi connectivity index (χ0n) is 11.7. The van der Waals surface area contributed by atoms with Crippen LogP contribution in [0.15, 0.2) is 71.5 Å². The Labute approximate surface area is 143 Å². The molecule has 112 valence electrons. The molecule has 1 aromatic heterocycles. The Bertz CT molecular complexity index is 807. The maximum absolute atomic E-state index is 12.1. The topological polar surface area (TPSA) is 33.0 Å². The summed E-state index contributed by atoms with van der Waals surface area (Å²) in [5, 5.41) is 5.19. The molecule has 0 atom stereocenters. The second kappa shape index (κ2) is 7.38. The van der Waals surface area contributed by atoms with E-state index < -0.39 is 0 Å². The Morgan fingerprint density at radius 3 is 2.45 bits per heavy atom. The van der Waals surface area contributed by atoms with Crippen molar-refractivity contribution in [2.24, 2.45) is 0 Å². The SMILES string of the molecule is O=C(C[n+]1ccc2ccccc2c1)Nc1ccccc1Br.[Cl-]. The number of amides is 1. The van der Waals surface area contributed by atoms with Crippen LogP contribution in [-0.4, -0.2) is 5.91 Å². The molecule has 3 rings (SSSR count). The van der Waals surface area contributed by atoms with Gasteiger partial charge in [0.2, 0.25) is 6.54 Å². The molecule has 0 spiro atoms. The van der Waals surface area contributed by atoms with Gasteiger partial charge in [0.1, 0.15) is 0 Å². The number of halogens is 2. The molecule has 0 bridgehead atoms. The molecule has 5 heteroatoms. The van der Waals surface area contributed by atoms with E-state index in [9.17, 15) is 4.79 Å². The molecule has 2 aromatic carbocycles. The standard InChI is InChI=1S/C17H13BrN2O.ClH/c18-15-7-3-4-8-16(15)19-17(21)12-20-10-9-13-5-1-2-6-14(13)11-20;/h1-11H,12H2;1H. The second-order valence-electron chi connectivity index (χ2n) is 4.77. The van der Waals surface area contributed by atoms with E-state index in [0.29, 0.717) is 0 Å².